The van der Waals surface area contributed by atoms with Crippen LogP contribution in [0.2, 0.25) is 10.0 Å². The van der Waals surface area contributed by atoms with Gasteiger partial charge < -0.3 is 10.1 Å². The number of nitrogens with zero attached hydrogens (tertiary/aromatic N) is 1. The maximum atomic E-state index is 13.0. The molecule has 136 valence electrons. The molecule has 0 aromatic heterocycles. The van der Waals surface area contributed by atoms with Crippen molar-refractivity contribution in [2.24, 2.45) is 0 Å². The highest BCUT2D eigenvalue weighted by atomic mass is 35.5. The van der Waals surface area contributed by atoms with Gasteiger partial charge in [0.1, 0.15) is 11.4 Å². The summed E-state index contributed by atoms with van der Waals surface area (Å²) in [4.78, 5) is 34.5. The van der Waals surface area contributed by atoms with Crippen LogP contribution in [0.15, 0.2) is 36.4 Å². The van der Waals surface area contributed by atoms with E-state index in [0.717, 1.165) is 24.3 Å². The average Bonchev–Trinajstić information content (AvgIpc) is 2.56. The Hall–Kier alpha value is -2.71. The highest BCUT2D eigenvalue weighted by Crippen LogP contribution is 2.25. The van der Waals surface area contributed by atoms with Crippen molar-refractivity contribution in [3.05, 3.63) is 67.9 Å². The van der Waals surface area contributed by atoms with Crippen LogP contribution in [-0.4, -0.2) is 22.9 Å². The number of nitrogens with one attached hydrogen (secondary N) is 1. The molecule has 10 heteroatoms. The maximum absolute atomic E-state index is 13.0. The number of nitro groups is 1. The number of carbonyl (C=O) groups excluding carboxylic acids is 2. The Morgan fingerprint density at radius 3 is 2.54 bits per heavy atom. The first-order chi connectivity index (χ1) is 12.2. The van der Waals surface area contributed by atoms with E-state index in [1.165, 1.54) is 19.1 Å². The van der Waals surface area contributed by atoms with E-state index in [2.05, 4.69) is 5.32 Å². The number of ether oxygens (including phenoxy) is 1. The van der Waals surface area contributed by atoms with E-state index in [1.807, 2.05) is 0 Å². The third kappa shape index (κ3) is 4.68. The lowest BCUT2D eigenvalue weighted by atomic mass is 10.2. The van der Waals surface area contributed by atoms with Gasteiger partial charge in [-0.1, -0.05) is 23.2 Å². The summed E-state index contributed by atoms with van der Waals surface area (Å²) in [5, 5.41) is 13.4. The topological polar surface area (TPSA) is 98.5 Å². The number of halogens is 3. The van der Waals surface area contributed by atoms with E-state index in [0.29, 0.717) is 0 Å². The number of nitro benzene ring substituents is 1. The van der Waals surface area contributed by atoms with Crippen LogP contribution < -0.4 is 5.32 Å². The molecule has 0 aliphatic carbocycles. The molecular weight excluding hydrogens is 390 g/mol. The van der Waals surface area contributed by atoms with E-state index >= 15 is 0 Å². The normalized spacial score (nSPS) is 11.5. The lowest BCUT2D eigenvalue weighted by Gasteiger charge is -2.14. The van der Waals surface area contributed by atoms with E-state index in [-0.39, 0.29) is 21.3 Å². The lowest BCUT2D eigenvalue weighted by molar-refractivity contribution is -0.385. The molecule has 2 aromatic carbocycles. The summed E-state index contributed by atoms with van der Waals surface area (Å²) >= 11 is 11.5. The summed E-state index contributed by atoms with van der Waals surface area (Å²) in [6.07, 6.45) is -1.30. The molecule has 7 nitrogen and oxygen atoms in total. The quantitative estimate of drug-likeness (QED) is 0.460. The summed E-state index contributed by atoms with van der Waals surface area (Å²) in [6, 6.07) is 6.72. The highest BCUT2D eigenvalue weighted by molar-refractivity contribution is 6.33. The van der Waals surface area contributed by atoms with E-state index in [9.17, 15) is 24.1 Å². The molecule has 0 fully saturated rings. The number of rotatable bonds is 5. The molecule has 1 amide bonds. The Labute approximate surface area is 156 Å². The van der Waals surface area contributed by atoms with Crippen molar-refractivity contribution in [2.75, 3.05) is 5.32 Å². The number of carbonyl (C=O) groups is 2. The third-order valence-corrected chi connectivity index (χ3v) is 3.77. The number of anilines is 1. The fourth-order valence-corrected chi connectivity index (χ4v) is 2.32. The Morgan fingerprint density at radius 1 is 1.23 bits per heavy atom. The molecule has 0 heterocycles. The van der Waals surface area contributed by atoms with Gasteiger partial charge in [-0.2, -0.15) is 0 Å². The molecule has 2 aromatic rings. The first-order valence-corrected chi connectivity index (χ1v) is 7.85. The van der Waals surface area contributed by atoms with Crippen LogP contribution in [0.5, 0.6) is 0 Å². The van der Waals surface area contributed by atoms with Crippen LogP contribution in [-0.2, 0) is 9.53 Å². The van der Waals surface area contributed by atoms with Crippen LogP contribution in [0.4, 0.5) is 15.8 Å². The molecule has 0 saturated heterocycles. The molecule has 2 rings (SSSR count). The van der Waals surface area contributed by atoms with Crippen molar-refractivity contribution >= 4 is 46.5 Å². The predicted octanol–water partition coefficient (Wildman–Crippen LogP) is 4.22. The molecule has 1 atom stereocenters. The SMILES string of the molecule is C[C@@H](OC(=O)c1cc(Cl)ccc1[N+](=O)[O-])C(=O)Nc1ccc(F)cc1Cl. The van der Waals surface area contributed by atoms with Gasteiger partial charge in [-0.15, -0.1) is 0 Å². The smallest absolute Gasteiger partial charge is 0.345 e. The predicted molar refractivity (Wildman–Crippen MR) is 93.0 cm³/mol. The number of hydrogen-bond donors (Lipinski definition) is 1. The third-order valence-electron chi connectivity index (χ3n) is 3.22. The first-order valence-electron chi connectivity index (χ1n) is 7.10. The molecule has 1 N–H and O–H groups in total. The highest BCUT2D eigenvalue weighted by Gasteiger charge is 2.26. The Balaban J connectivity index is 2.12. The fraction of sp³-hybridized carbons (Fsp3) is 0.125. The van der Waals surface area contributed by atoms with Crippen molar-refractivity contribution in [1.29, 1.82) is 0 Å². The minimum atomic E-state index is -1.30. The lowest BCUT2D eigenvalue weighted by Crippen LogP contribution is -2.30. The van der Waals surface area contributed by atoms with Gasteiger partial charge in [0.25, 0.3) is 11.6 Å². The minimum Gasteiger partial charge on any atom is -0.449 e. The van der Waals surface area contributed by atoms with Gasteiger partial charge in [0.2, 0.25) is 0 Å². The molecular formula is C16H11Cl2FN2O5. The minimum absolute atomic E-state index is 0.0395. The van der Waals surface area contributed by atoms with Crippen LogP contribution in [0.1, 0.15) is 17.3 Å². The molecule has 0 unspecified atom stereocenters. The second-order valence-electron chi connectivity index (χ2n) is 5.08. The number of amides is 1. The Morgan fingerprint density at radius 2 is 1.92 bits per heavy atom. The van der Waals surface area contributed by atoms with E-state index in [1.54, 1.807) is 0 Å². The van der Waals surface area contributed by atoms with Crippen molar-refractivity contribution in [3.8, 4) is 0 Å². The van der Waals surface area contributed by atoms with Gasteiger partial charge in [-0.05, 0) is 37.3 Å². The molecule has 0 aliphatic rings. The standard InChI is InChI=1S/C16H11Cl2FN2O5/c1-8(15(22)20-13-4-3-10(19)7-12(13)18)26-16(23)11-6-9(17)2-5-14(11)21(24)25/h2-8H,1H3,(H,20,22)/t8-/m1/s1. The molecule has 26 heavy (non-hydrogen) atoms. The molecule has 0 radical (unpaired) electrons. The Bertz CT molecular complexity index is 891. The van der Waals surface area contributed by atoms with Crippen LogP contribution in [0, 0.1) is 15.9 Å². The summed E-state index contributed by atoms with van der Waals surface area (Å²) in [5.74, 6) is -2.43. The van der Waals surface area contributed by atoms with Gasteiger partial charge in [-0.3, -0.25) is 14.9 Å². The van der Waals surface area contributed by atoms with Crippen molar-refractivity contribution in [2.45, 2.75) is 13.0 Å². The van der Waals surface area contributed by atoms with Crippen LogP contribution >= 0.6 is 23.2 Å². The van der Waals surface area contributed by atoms with Gasteiger partial charge >= 0.3 is 5.97 Å². The largest absolute Gasteiger partial charge is 0.449 e. The first kappa shape index (κ1) is 19.6. The maximum Gasteiger partial charge on any atom is 0.345 e. The molecule has 0 aliphatic heterocycles. The zero-order chi connectivity index (χ0) is 19.4. The fourth-order valence-electron chi connectivity index (χ4n) is 1.93. The molecule has 0 spiro atoms. The zero-order valence-electron chi connectivity index (χ0n) is 13.2. The Kier molecular flexibility index (Phi) is 6.12. The number of benzene rings is 2. The molecule has 0 bridgehead atoms. The number of esters is 1. The summed E-state index contributed by atoms with van der Waals surface area (Å²) < 4.78 is 18.0. The van der Waals surface area contributed by atoms with Crippen molar-refractivity contribution < 1.29 is 23.6 Å². The monoisotopic (exact) mass is 400 g/mol. The van der Waals surface area contributed by atoms with Crippen LogP contribution in [0.25, 0.3) is 0 Å². The van der Waals surface area contributed by atoms with Gasteiger partial charge in [-0.25, -0.2) is 9.18 Å². The van der Waals surface area contributed by atoms with E-state index in [4.69, 9.17) is 27.9 Å². The van der Waals surface area contributed by atoms with Gasteiger partial charge in [0.05, 0.1) is 15.6 Å². The second-order valence-corrected chi connectivity index (χ2v) is 5.92. The van der Waals surface area contributed by atoms with Crippen molar-refractivity contribution in [1.82, 2.24) is 0 Å². The van der Waals surface area contributed by atoms with Crippen LogP contribution in [0.3, 0.4) is 0 Å². The van der Waals surface area contributed by atoms with Gasteiger partial charge in [0, 0.05) is 11.1 Å². The second kappa shape index (κ2) is 8.11. The van der Waals surface area contributed by atoms with Crippen molar-refractivity contribution in [3.63, 3.8) is 0 Å². The summed E-state index contributed by atoms with van der Waals surface area (Å²) in [6.45, 7) is 1.26. The van der Waals surface area contributed by atoms with Gasteiger partial charge in [0.15, 0.2) is 6.10 Å². The average molecular weight is 401 g/mol. The number of hydrogen-bond acceptors (Lipinski definition) is 5. The molecule has 0 saturated carbocycles. The zero-order valence-corrected chi connectivity index (χ0v) is 14.7. The summed E-state index contributed by atoms with van der Waals surface area (Å²) in [7, 11) is 0. The summed E-state index contributed by atoms with van der Waals surface area (Å²) in [5.41, 5.74) is -0.773. The van der Waals surface area contributed by atoms with E-state index < -0.39 is 34.4 Å².